The van der Waals surface area contributed by atoms with Gasteiger partial charge in [-0.15, -0.1) is 0 Å². The minimum atomic E-state index is -3.99. The van der Waals surface area contributed by atoms with Crippen LogP contribution in [0.2, 0.25) is 5.02 Å². The number of para-hydroxylation sites is 1. The van der Waals surface area contributed by atoms with Gasteiger partial charge in [0.2, 0.25) is 0 Å². The zero-order chi connectivity index (χ0) is 23.3. The molecule has 3 aromatic carbocycles. The molecule has 0 unspecified atom stereocenters. The summed E-state index contributed by atoms with van der Waals surface area (Å²) in [5.74, 6) is 0.346. The zero-order valence-corrected chi connectivity index (χ0v) is 19.6. The number of anilines is 1. The third-order valence-corrected chi connectivity index (χ3v) is 6.76. The van der Waals surface area contributed by atoms with E-state index in [4.69, 9.17) is 16.3 Å². The van der Waals surface area contributed by atoms with E-state index in [9.17, 15) is 13.2 Å². The van der Waals surface area contributed by atoms with Crippen molar-refractivity contribution < 1.29 is 17.9 Å². The molecule has 8 heteroatoms. The van der Waals surface area contributed by atoms with Crippen LogP contribution in [0.1, 0.15) is 41.4 Å². The van der Waals surface area contributed by atoms with E-state index in [1.807, 2.05) is 44.2 Å². The van der Waals surface area contributed by atoms with Crippen LogP contribution in [0.5, 0.6) is 5.75 Å². The van der Waals surface area contributed by atoms with Crippen LogP contribution in [0.25, 0.3) is 0 Å². The number of hydrogen-bond acceptors (Lipinski definition) is 4. The van der Waals surface area contributed by atoms with Gasteiger partial charge in [-0.25, -0.2) is 8.42 Å². The number of rotatable bonds is 8. The van der Waals surface area contributed by atoms with Gasteiger partial charge < -0.3 is 10.1 Å². The van der Waals surface area contributed by atoms with Gasteiger partial charge in [0, 0.05) is 5.56 Å². The first-order chi connectivity index (χ1) is 15.2. The molecule has 0 spiro atoms. The number of carbonyl (C=O) groups excluding carboxylic acids is 1. The minimum Gasteiger partial charge on any atom is -0.494 e. The van der Waals surface area contributed by atoms with Gasteiger partial charge in [0.05, 0.1) is 23.4 Å². The third kappa shape index (κ3) is 5.60. The highest BCUT2D eigenvalue weighted by Crippen LogP contribution is 2.27. The Morgan fingerprint density at radius 3 is 2.41 bits per heavy atom. The Morgan fingerprint density at radius 2 is 1.75 bits per heavy atom. The van der Waals surface area contributed by atoms with E-state index in [0.29, 0.717) is 12.3 Å². The summed E-state index contributed by atoms with van der Waals surface area (Å²) in [6, 6.07) is 18.3. The van der Waals surface area contributed by atoms with Crippen molar-refractivity contribution in [2.75, 3.05) is 11.3 Å². The maximum Gasteiger partial charge on any atom is 0.263 e. The predicted octanol–water partition coefficient (Wildman–Crippen LogP) is 5.34. The first kappa shape index (κ1) is 23.6. The van der Waals surface area contributed by atoms with Crippen molar-refractivity contribution in [1.82, 2.24) is 5.32 Å². The molecule has 0 saturated carbocycles. The van der Waals surface area contributed by atoms with Gasteiger partial charge >= 0.3 is 0 Å². The van der Waals surface area contributed by atoms with Gasteiger partial charge in [-0.3, -0.25) is 9.52 Å². The number of benzene rings is 3. The normalized spacial score (nSPS) is 12.1. The summed E-state index contributed by atoms with van der Waals surface area (Å²) in [6.07, 6.45) is 0. The molecule has 168 valence electrons. The summed E-state index contributed by atoms with van der Waals surface area (Å²) in [4.78, 5) is 12.6. The van der Waals surface area contributed by atoms with Crippen LogP contribution in [0.3, 0.4) is 0 Å². The van der Waals surface area contributed by atoms with Crippen LogP contribution in [0.15, 0.2) is 71.6 Å². The van der Waals surface area contributed by atoms with Crippen molar-refractivity contribution in [2.24, 2.45) is 0 Å². The number of carbonyl (C=O) groups is 1. The molecule has 32 heavy (non-hydrogen) atoms. The molecule has 3 aromatic rings. The van der Waals surface area contributed by atoms with Gasteiger partial charge in [-0.2, -0.15) is 0 Å². The van der Waals surface area contributed by atoms with Crippen LogP contribution < -0.4 is 14.8 Å². The molecule has 0 aromatic heterocycles. The molecule has 0 fully saturated rings. The predicted molar refractivity (Wildman–Crippen MR) is 127 cm³/mol. The molecule has 0 bridgehead atoms. The monoisotopic (exact) mass is 472 g/mol. The van der Waals surface area contributed by atoms with Crippen molar-refractivity contribution in [2.45, 2.75) is 31.7 Å². The van der Waals surface area contributed by atoms with E-state index in [0.717, 1.165) is 16.9 Å². The first-order valence-electron chi connectivity index (χ1n) is 10.1. The van der Waals surface area contributed by atoms with Crippen molar-refractivity contribution in [3.05, 3.63) is 88.4 Å². The Morgan fingerprint density at radius 1 is 1.06 bits per heavy atom. The molecule has 0 aliphatic carbocycles. The second kappa shape index (κ2) is 10.1. The number of hydrogen-bond donors (Lipinski definition) is 2. The molecule has 2 N–H and O–H groups in total. The molecule has 0 saturated heterocycles. The fourth-order valence-corrected chi connectivity index (χ4v) is 4.78. The van der Waals surface area contributed by atoms with Crippen molar-refractivity contribution >= 4 is 33.2 Å². The summed E-state index contributed by atoms with van der Waals surface area (Å²) in [7, 11) is -3.99. The molecule has 0 heterocycles. The average Bonchev–Trinajstić information content (AvgIpc) is 2.76. The molecule has 1 atom stereocenters. The number of amides is 1. The van der Waals surface area contributed by atoms with Gasteiger partial charge in [0.25, 0.3) is 15.9 Å². The second-order valence-electron chi connectivity index (χ2n) is 7.26. The van der Waals surface area contributed by atoms with E-state index in [1.165, 1.54) is 18.2 Å². The lowest BCUT2D eigenvalue weighted by atomic mass is 10.1. The molecular formula is C24H25ClN2O4S. The smallest absolute Gasteiger partial charge is 0.263 e. The minimum absolute atomic E-state index is 0.0298. The lowest BCUT2D eigenvalue weighted by Crippen LogP contribution is -2.27. The van der Waals surface area contributed by atoms with Crippen LogP contribution in [0, 0.1) is 6.92 Å². The summed E-state index contributed by atoms with van der Waals surface area (Å²) in [5.41, 5.74) is 2.30. The lowest BCUT2D eigenvalue weighted by Gasteiger charge is -2.16. The molecule has 0 radical (unpaired) electrons. The van der Waals surface area contributed by atoms with Crippen LogP contribution in [0.4, 0.5) is 5.69 Å². The Labute approximate surface area is 193 Å². The Kier molecular flexibility index (Phi) is 7.43. The molecule has 1 amide bonds. The van der Waals surface area contributed by atoms with Gasteiger partial charge in [0.15, 0.2) is 0 Å². The van der Waals surface area contributed by atoms with Gasteiger partial charge in [-0.1, -0.05) is 41.9 Å². The van der Waals surface area contributed by atoms with Crippen molar-refractivity contribution in [1.29, 1.82) is 0 Å². The quantitative estimate of drug-likeness (QED) is 0.463. The summed E-state index contributed by atoms with van der Waals surface area (Å²) >= 11 is 6.17. The molecule has 3 rings (SSSR count). The maximum absolute atomic E-state index is 12.9. The van der Waals surface area contributed by atoms with Crippen molar-refractivity contribution in [3.8, 4) is 5.75 Å². The standard InChI is InChI=1S/C24H25ClN2O4S/c1-4-31-20-12-9-18(10-13-20)17(3)26-24(28)19-11-14-21(25)23(15-19)32(29,30)27-22-8-6-5-7-16(22)2/h5-15,17,27H,4H2,1-3H3,(H,26,28)/t17-/m0/s1. The Balaban J connectivity index is 1.79. The van der Waals surface area contributed by atoms with Crippen molar-refractivity contribution in [3.63, 3.8) is 0 Å². The number of sulfonamides is 1. The Bertz CT molecular complexity index is 1210. The number of halogens is 1. The van der Waals surface area contributed by atoms with E-state index >= 15 is 0 Å². The largest absolute Gasteiger partial charge is 0.494 e. The summed E-state index contributed by atoms with van der Waals surface area (Å²) in [5, 5.41) is 2.91. The third-order valence-electron chi connectivity index (χ3n) is 4.91. The molecular weight excluding hydrogens is 448 g/mol. The SMILES string of the molecule is CCOc1ccc([C@H](C)NC(=O)c2ccc(Cl)c(S(=O)(=O)Nc3ccccc3C)c2)cc1. The topological polar surface area (TPSA) is 84.5 Å². The number of ether oxygens (including phenoxy) is 1. The van der Waals surface area contributed by atoms with Crippen LogP contribution in [-0.2, 0) is 10.0 Å². The zero-order valence-electron chi connectivity index (χ0n) is 18.1. The van der Waals surface area contributed by atoms with E-state index in [2.05, 4.69) is 10.0 Å². The van der Waals surface area contributed by atoms with Gasteiger partial charge in [0.1, 0.15) is 10.6 Å². The van der Waals surface area contributed by atoms with Crippen LogP contribution in [-0.4, -0.2) is 20.9 Å². The second-order valence-corrected chi connectivity index (χ2v) is 9.32. The fourth-order valence-electron chi connectivity index (χ4n) is 3.12. The lowest BCUT2D eigenvalue weighted by molar-refractivity contribution is 0.0939. The van der Waals surface area contributed by atoms with E-state index in [1.54, 1.807) is 25.1 Å². The highest BCUT2D eigenvalue weighted by atomic mass is 35.5. The van der Waals surface area contributed by atoms with E-state index in [-0.39, 0.29) is 21.5 Å². The van der Waals surface area contributed by atoms with Gasteiger partial charge in [-0.05, 0) is 68.3 Å². The number of aryl methyl sites for hydroxylation is 1. The molecule has 6 nitrogen and oxygen atoms in total. The Hall–Kier alpha value is -3.03. The highest BCUT2D eigenvalue weighted by molar-refractivity contribution is 7.92. The molecule has 0 aliphatic heterocycles. The van der Waals surface area contributed by atoms with Crippen LogP contribution >= 0.6 is 11.6 Å². The maximum atomic E-state index is 12.9. The summed E-state index contributed by atoms with van der Waals surface area (Å²) < 4.78 is 33.8. The fraction of sp³-hybridized carbons (Fsp3) is 0.208. The summed E-state index contributed by atoms with van der Waals surface area (Å²) in [6.45, 7) is 6.13. The van der Waals surface area contributed by atoms with E-state index < -0.39 is 15.9 Å². The first-order valence-corrected chi connectivity index (χ1v) is 12.0. The number of nitrogens with one attached hydrogen (secondary N) is 2. The molecule has 0 aliphatic rings. The highest BCUT2D eigenvalue weighted by Gasteiger charge is 2.21. The average molecular weight is 473 g/mol.